The lowest BCUT2D eigenvalue weighted by Gasteiger charge is -2.27. The highest BCUT2D eigenvalue weighted by Crippen LogP contribution is 2.29. The number of benzene rings is 1. The molecule has 1 aromatic rings. The Balaban J connectivity index is 2.09. The normalized spacial score (nSPS) is 18.5. The Hall–Kier alpha value is -0.450. The highest BCUT2D eigenvalue weighted by molar-refractivity contribution is 9.10. The minimum Gasteiger partial charge on any atom is -0.381 e. The van der Waals surface area contributed by atoms with Gasteiger partial charge in [-0.3, -0.25) is 0 Å². The van der Waals surface area contributed by atoms with E-state index in [9.17, 15) is 4.39 Å². The van der Waals surface area contributed by atoms with Crippen LogP contribution in [-0.4, -0.2) is 19.8 Å². The molecule has 2 rings (SSSR count). The Morgan fingerprint density at radius 3 is 2.74 bits per heavy atom. The minimum atomic E-state index is -0.181. The molecule has 1 atom stereocenters. The molecule has 1 saturated heterocycles. The van der Waals surface area contributed by atoms with Gasteiger partial charge in [0.25, 0.3) is 0 Å². The summed E-state index contributed by atoms with van der Waals surface area (Å²) < 4.78 is 19.7. The van der Waals surface area contributed by atoms with Gasteiger partial charge in [-0.2, -0.15) is 0 Å². The Bertz CT molecular complexity index is 387. The summed E-state index contributed by atoms with van der Waals surface area (Å²) in [5.74, 6) is 0.485. The van der Waals surface area contributed by atoms with E-state index in [1.165, 1.54) is 6.07 Å². The van der Waals surface area contributed by atoms with E-state index in [0.29, 0.717) is 5.92 Å². The molecule has 0 spiro atoms. The molecule has 2 nitrogen and oxygen atoms in total. The molecule has 106 valence electrons. The summed E-state index contributed by atoms with van der Waals surface area (Å²) >= 11 is 3.37. The number of halogens is 2. The summed E-state index contributed by atoms with van der Waals surface area (Å²) in [7, 11) is 0. The zero-order valence-corrected chi connectivity index (χ0v) is 12.9. The van der Waals surface area contributed by atoms with Crippen LogP contribution in [0.4, 0.5) is 4.39 Å². The molecule has 0 radical (unpaired) electrons. The summed E-state index contributed by atoms with van der Waals surface area (Å²) in [6, 6.07) is 5.37. The Kier molecular flexibility index (Phi) is 5.79. The molecule has 1 heterocycles. The maximum atomic E-state index is 13.5. The van der Waals surface area contributed by atoms with E-state index in [4.69, 9.17) is 4.74 Å². The van der Waals surface area contributed by atoms with Gasteiger partial charge < -0.3 is 10.1 Å². The fourth-order valence-electron chi connectivity index (χ4n) is 2.68. The topological polar surface area (TPSA) is 21.3 Å². The van der Waals surface area contributed by atoms with Crippen LogP contribution >= 0.6 is 15.9 Å². The van der Waals surface area contributed by atoms with Crippen molar-refractivity contribution in [2.24, 2.45) is 5.92 Å². The van der Waals surface area contributed by atoms with Gasteiger partial charge >= 0.3 is 0 Å². The molecular formula is C15H21BrFNO. The van der Waals surface area contributed by atoms with Gasteiger partial charge in [-0.15, -0.1) is 0 Å². The van der Waals surface area contributed by atoms with Gasteiger partial charge in [0.05, 0.1) is 0 Å². The second-order valence-electron chi connectivity index (χ2n) is 5.10. The molecule has 4 heteroatoms. The molecule has 0 amide bonds. The summed E-state index contributed by atoms with van der Waals surface area (Å²) in [6.07, 6.45) is 3.27. The largest absolute Gasteiger partial charge is 0.381 e. The van der Waals surface area contributed by atoms with Crippen LogP contribution in [0.25, 0.3) is 0 Å². The first-order chi connectivity index (χ1) is 9.19. The van der Waals surface area contributed by atoms with Gasteiger partial charge in [0.15, 0.2) is 0 Å². The van der Waals surface area contributed by atoms with E-state index < -0.39 is 0 Å². The molecule has 0 bridgehead atoms. The number of hydrogen-bond acceptors (Lipinski definition) is 2. The van der Waals surface area contributed by atoms with Crippen molar-refractivity contribution in [3.05, 3.63) is 34.1 Å². The second-order valence-corrected chi connectivity index (χ2v) is 6.02. The first-order valence-electron chi connectivity index (χ1n) is 6.96. The molecular weight excluding hydrogens is 309 g/mol. The molecule has 1 aromatic carbocycles. The average molecular weight is 330 g/mol. The fourth-order valence-corrected chi connectivity index (χ4v) is 3.16. The summed E-state index contributed by atoms with van der Waals surface area (Å²) in [5, 5.41) is 3.47. The Morgan fingerprint density at radius 1 is 1.37 bits per heavy atom. The average Bonchev–Trinajstić information content (AvgIpc) is 2.38. The van der Waals surface area contributed by atoms with E-state index in [1.807, 2.05) is 6.07 Å². The first kappa shape index (κ1) is 14.9. The fraction of sp³-hybridized carbons (Fsp3) is 0.600. The van der Waals surface area contributed by atoms with Gasteiger partial charge in [-0.05, 0) is 55.5 Å². The van der Waals surface area contributed by atoms with Gasteiger partial charge in [-0.1, -0.05) is 22.9 Å². The predicted molar refractivity (Wildman–Crippen MR) is 78.7 cm³/mol. The molecule has 1 N–H and O–H groups in total. The standard InChI is InChI=1S/C15H21BrFNO/c1-2-18-15(7-11-3-5-19-6-4-11)12-8-13(16)10-14(17)9-12/h8-11,15,18H,2-7H2,1H3. The smallest absolute Gasteiger partial charge is 0.124 e. The van der Waals surface area contributed by atoms with Crippen LogP contribution in [0.5, 0.6) is 0 Å². The summed E-state index contributed by atoms with van der Waals surface area (Å²) in [6.45, 7) is 4.69. The highest BCUT2D eigenvalue weighted by atomic mass is 79.9. The molecule has 19 heavy (non-hydrogen) atoms. The van der Waals surface area contributed by atoms with Gasteiger partial charge in [0.1, 0.15) is 5.82 Å². The molecule has 0 saturated carbocycles. The molecule has 0 aliphatic carbocycles. The van der Waals surface area contributed by atoms with E-state index >= 15 is 0 Å². The third kappa shape index (κ3) is 4.55. The van der Waals surface area contributed by atoms with E-state index in [1.54, 1.807) is 6.07 Å². The van der Waals surface area contributed by atoms with Crippen molar-refractivity contribution >= 4 is 15.9 Å². The predicted octanol–water partition coefficient (Wildman–Crippen LogP) is 4.06. The number of ether oxygens (including phenoxy) is 1. The maximum Gasteiger partial charge on any atom is 0.124 e. The van der Waals surface area contributed by atoms with E-state index in [2.05, 4.69) is 28.2 Å². The van der Waals surface area contributed by atoms with Crippen LogP contribution in [0, 0.1) is 11.7 Å². The first-order valence-corrected chi connectivity index (χ1v) is 7.75. The number of hydrogen-bond donors (Lipinski definition) is 1. The SMILES string of the molecule is CCNC(CC1CCOCC1)c1cc(F)cc(Br)c1. The van der Waals surface area contributed by atoms with Crippen molar-refractivity contribution in [2.75, 3.05) is 19.8 Å². The monoisotopic (exact) mass is 329 g/mol. The lowest BCUT2D eigenvalue weighted by atomic mass is 9.89. The number of rotatable bonds is 5. The summed E-state index contributed by atoms with van der Waals surface area (Å²) in [5.41, 5.74) is 1.03. The van der Waals surface area contributed by atoms with Crippen molar-refractivity contribution < 1.29 is 9.13 Å². The van der Waals surface area contributed by atoms with Crippen molar-refractivity contribution in [2.45, 2.75) is 32.2 Å². The quantitative estimate of drug-likeness (QED) is 0.879. The zero-order valence-electron chi connectivity index (χ0n) is 11.3. The van der Waals surface area contributed by atoms with Crippen LogP contribution in [0.2, 0.25) is 0 Å². The van der Waals surface area contributed by atoms with Crippen LogP contribution in [-0.2, 0) is 4.74 Å². The van der Waals surface area contributed by atoms with Crippen LogP contribution in [0.1, 0.15) is 37.8 Å². The minimum absolute atomic E-state index is 0.181. The lowest BCUT2D eigenvalue weighted by molar-refractivity contribution is 0.0605. The third-order valence-corrected chi connectivity index (χ3v) is 4.11. The third-order valence-electron chi connectivity index (χ3n) is 3.65. The van der Waals surface area contributed by atoms with Crippen molar-refractivity contribution in [1.82, 2.24) is 5.32 Å². The van der Waals surface area contributed by atoms with E-state index in [-0.39, 0.29) is 11.9 Å². The zero-order chi connectivity index (χ0) is 13.7. The molecule has 1 fully saturated rings. The van der Waals surface area contributed by atoms with Crippen LogP contribution in [0.3, 0.4) is 0 Å². The maximum absolute atomic E-state index is 13.5. The highest BCUT2D eigenvalue weighted by Gasteiger charge is 2.20. The molecule has 0 aromatic heterocycles. The second kappa shape index (κ2) is 7.36. The van der Waals surface area contributed by atoms with E-state index in [0.717, 1.165) is 49.1 Å². The van der Waals surface area contributed by atoms with Crippen molar-refractivity contribution in [3.63, 3.8) is 0 Å². The Morgan fingerprint density at radius 2 is 2.11 bits per heavy atom. The lowest BCUT2D eigenvalue weighted by Crippen LogP contribution is -2.26. The van der Waals surface area contributed by atoms with Crippen molar-refractivity contribution in [3.8, 4) is 0 Å². The number of nitrogens with one attached hydrogen (secondary N) is 1. The van der Waals surface area contributed by atoms with Crippen molar-refractivity contribution in [1.29, 1.82) is 0 Å². The van der Waals surface area contributed by atoms with Gasteiger partial charge in [0.2, 0.25) is 0 Å². The van der Waals surface area contributed by atoms with Crippen LogP contribution < -0.4 is 5.32 Å². The van der Waals surface area contributed by atoms with Crippen LogP contribution in [0.15, 0.2) is 22.7 Å². The summed E-state index contributed by atoms with van der Waals surface area (Å²) in [4.78, 5) is 0. The molecule has 1 unspecified atom stereocenters. The van der Waals surface area contributed by atoms with Gasteiger partial charge in [-0.25, -0.2) is 4.39 Å². The van der Waals surface area contributed by atoms with Gasteiger partial charge in [0, 0.05) is 23.7 Å². The molecule has 1 aliphatic rings. The molecule has 1 aliphatic heterocycles. The Labute approximate surface area is 122 Å².